The lowest BCUT2D eigenvalue weighted by Gasteiger charge is -2.10. The lowest BCUT2D eigenvalue weighted by Crippen LogP contribution is -2.20. The van der Waals surface area contributed by atoms with Gasteiger partial charge in [0.1, 0.15) is 0 Å². The normalized spacial score (nSPS) is 10.9. The maximum Gasteiger partial charge on any atom is 0.176 e. The van der Waals surface area contributed by atoms with Crippen LogP contribution in [0.2, 0.25) is 0 Å². The zero-order valence-corrected chi connectivity index (χ0v) is 19.7. The Hall–Kier alpha value is -3.45. The van der Waals surface area contributed by atoms with Crippen molar-refractivity contribution in [1.29, 1.82) is 0 Å². The van der Waals surface area contributed by atoms with E-state index in [4.69, 9.17) is 17.3 Å². The standard InChI is InChI=1S/C25H28N6S/c1-17-9-11-21(12-10-17)15-30-14-13-23(29-30)26-25(32)27-24-19(3)28-31(20(24)4)16-22-8-6-5-7-18(22)2/h5-14H,15-16H2,1-4H3,(H2,26,27,29,32). The number of benzene rings is 2. The van der Waals surface area contributed by atoms with Gasteiger partial charge in [-0.05, 0) is 56.6 Å². The summed E-state index contributed by atoms with van der Waals surface area (Å²) in [7, 11) is 0. The van der Waals surface area contributed by atoms with Crippen LogP contribution < -0.4 is 10.6 Å². The van der Waals surface area contributed by atoms with Crippen LogP contribution in [0.5, 0.6) is 0 Å². The molecule has 6 nitrogen and oxygen atoms in total. The number of aryl methyl sites for hydroxylation is 3. The number of nitrogens with zero attached hydrogens (tertiary/aromatic N) is 4. The average molecular weight is 445 g/mol. The van der Waals surface area contributed by atoms with Gasteiger partial charge >= 0.3 is 0 Å². The van der Waals surface area contributed by atoms with Crippen molar-refractivity contribution in [2.24, 2.45) is 0 Å². The summed E-state index contributed by atoms with van der Waals surface area (Å²) >= 11 is 5.54. The molecule has 0 saturated carbocycles. The smallest absolute Gasteiger partial charge is 0.176 e. The zero-order valence-electron chi connectivity index (χ0n) is 18.9. The Morgan fingerprint density at radius 3 is 2.38 bits per heavy atom. The maximum atomic E-state index is 5.54. The highest BCUT2D eigenvalue weighted by Crippen LogP contribution is 2.21. The molecule has 0 saturated heterocycles. The lowest BCUT2D eigenvalue weighted by atomic mass is 10.1. The van der Waals surface area contributed by atoms with Gasteiger partial charge in [-0.15, -0.1) is 0 Å². The van der Waals surface area contributed by atoms with E-state index in [1.54, 1.807) is 0 Å². The third-order valence-electron chi connectivity index (χ3n) is 5.55. The Bertz CT molecular complexity index is 1240. The summed E-state index contributed by atoms with van der Waals surface area (Å²) in [6.07, 6.45) is 1.95. The fraction of sp³-hybridized carbons (Fsp3) is 0.240. The van der Waals surface area contributed by atoms with Gasteiger partial charge in [0.25, 0.3) is 0 Å². The van der Waals surface area contributed by atoms with Gasteiger partial charge in [-0.3, -0.25) is 9.36 Å². The highest BCUT2D eigenvalue weighted by Gasteiger charge is 2.14. The van der Waals surface area contributed by atoms with Crippen LogP contribution in [0.15, 0.2) is 60.8 Å². The van der Waals surface area contributed by atoms with Gasteiger partial charge in [0.05, 0.1) is 30.2 Å². The molecule has 0 fully saturated rings. The van der Waals surface area contributed by atoms with Crippen molar-refractivity contribution in [1.82, 2.24) is 19.6 Å². The van der Waals surface area contributed by atoms with Crippen molar-refractivity contribution in [3.8, 4) is 0 Å². The minimum absolute atomic E-state index is 0.493. The van der Waals surface area contributed by atoms with Gasteiger partial charge < -0.3 is 10.6 Å². The first-order chi connectivity index (χ1) is 15.4. The van der Waals surface area contributed by atoms with Crippen LogP contribution in [0.1, 0.15) is 33.6 Å². The molecule has 0 bridgehead atoms. The molecule has 0 amide bonds. The number of aromatic nitrogens is 4. The molecule has 32 heavy (non-hydrogen) atoms. The molecular weight excluding hydrogens is 416 g/mol. The number of rotatable bonds is 6. The van der Waals surface area contributed by atoms with Crippen molar-refractivity contribution in [2.75, 3.05) is 10.6 Å². The summed E-state index contributed by atoms with van der Waals surface area (Å²) in [4.78, 5) is 0. The molecule has 4 rings (SSSR count). The Morgan fingerprint density at radius 2 is 1.62 bits per heavy atom. The lowest BCUT2D eigenvalue weighted by molar-refractivity contribution is 0.657. The van der Waals surface area contributed by atoms with Crippen LogP contribution in [0, 0.1) is 27.7 Å². The SMILES string of the molecule is Cc1ccc(Cn2ccc(NC(=S)Nc3c(C)nn(Cc4ccccc4C)c3C)n2)cc1. The van der Waals surface area contributed by atoms with Crippen LogP contribution in [0.25, 0.3) is 0 Å². The number of anilines is 2. The summed E-state index contributed by atoms with van der Waals surface area (Å²) in [5, 5.41) is 16.3. The van der Waals surface area contributed by atoms with E-state index in [-0.39, 0.29) is 0 Å². The number of thiocarbonyl (C=S) groups is 1. The van der Waals surface area contributed by atoms with E-state index in [2.05, 4.69) is 85.0 Å². The maximum absolute atomic E-state index is 5.54. The second-order valence-corrected chi connectivity index (χ2v) is 8.50. The predicted octanol–water partition coefficient (Wildman–Crippen LogP) is 5.22. The molecule has 4 aromatic rings. The third-order valence-corrected chi connectivity index (χ3v) is 5.75. The second-order valence-electron chi connectivity index (χ2n) is 8.09. The van der Waals surface area contributed by atoms with E-state index in [1.807, 2.05) is 28.6 Å². The molecule has 0 atom stereocenters. The van der Waals surface area contributed by atoms with Crippen molar-refractivity contribution in [3.63, 3.8) is 0 Å². The summed E-state index contributed by atoms with van der Waals surface area (Å²) in [6, 6.07) is 18.8. The minimum atomic E-state index is 0.493. The number of nitrogens with one attached hydrogen (secondary N) is 2. The zero-order chi connectivity index (χ0) is 22.7. The topological polar surface area (TPSA) is 59.7 Å². The molecule has 0 aliphatic heterocycles. The second kappa shape index (κ2) is 9.36. The summed E-state index contributed by atoms with van der Waals surface area (Å²) in [5.41, 5.74) is 7.84. The van der Waals surface area contributed by atoms with E-state index in [1.165, 1.54) is 22.3 Å². The molecule has 164 valence electrons. The molecule has 7 heteroatoms. The molecular formula is C25H28N6S. The number of hydrogen-bond donors (Lipinski definition) is 2. The largest absolute Gasteiger partial charge is 0.329 e. The molecule has 0 aliphatic rings. The van der Waals surface area contributed by atoms with Crippen LogP contribution >= 0.6 is 12.2 Å². The van der Waals surface area contributed by atoms with Crippen LogP contribution in [-0.2, 0) is 13.1 Å². The fourth-order valence-corrected chi connectivity index (χ4v) is 3.85. The molecule has 0 spiro atoms. The van der Waals surface area contributed by atoms with Crippen molar-refractivity contribution in [2.45, 2.75) is 40.8 Å². The summed E-state index contributed by atoms with van der Waals surface area (Å²) < 4.78 is 3.91. The number of hydrogen-bond acceptors (Lipinski definition) is 3. The molecule has 2 aromatic carbocycles. The van der Waals surface area contributed by atoms with Crippen LogP contribution in [-0.4, -0.2) is 24.7 Å². The first-order valence-electron chi connectivity index (χ1n) is 10.6. The average Bonchev–Trinajstić information content (AvgIpc) is 3.30. The van der Waals surface area contributed by atoms with Crippen molar-refractivity contribution >= 4 is 28.8 Å². The van der Waals surface area contributed by atoms with Gasteiger partial charge in [-0.1, -0.05) is 54.1 Å². The molecule has 2 aromatic heterocycles. The van der Waals surface area contributed by atoms with Crippen LogP contribution in [0.4, 0.5) is 11.5 Å². The van der Waals surface area contributed by atoms with Gasteiger partial charge in [0.2, 0.25) is 0 Å². The van der Waals surface area contributed by atoms with E-state index in [0.717, 1.165) is 23.6 Å². The molecule has 0 aliphatic carbocycles. The first kappa shape index (κ1) is 21.8. The first-order valence-corrected chi connectivity index (χ1v) is 11.1. The Labute approximate surface area is 194 Å². The van der Waals surface area contributed by atoms with Gasteiger partial charge in [0, 0.05) is 12.3 Å². The van der Waals surface area contributed by atoms with Gasteiger partial charge in [-0.25, -0.2) is 0 Å². The predicted molar refractivity (Wildman–Crippen MR) is 134 cm³/mol. The highest BCUT2D eigenvalue weighted by molar-refractivity contribution is 7.80. The molecule has 0 radical (unpaired) electrons. The monoisotopic (exact) mass is 444 g/mol. The quantitative estimate of drug-likeness (QED) is 0.399. The molecule has 2 N–H and O–H groups in total. The highest BCUT2D eigenvalue weighted by atomic mass is 32.1. The van der Waals surface area contributed by atoms with E-state index >= 15 is 0 Å². The van der Waals surface area contributed by atoms with E-state index in [0.29, 0.717) is 17.5 Å². The van der Waals surface area contributed by atoms with Gasteiger partial charge in [0.15, 0.2) is 10.9 Å². The third kappa shape index (κ3) is 5.06. The summed E-state index contributed by atoms with van der Waals surface area (Å²) in [6.45, 7) is 9.69. The van der Waals surface area contributed by atoms with Crippen molar-refractivity contribution < 1.29 is 0 Å². The Morgan fingerprint density at radius 1 is 0.875 bits per heavy atom. The Kier molecular flexibility index (Phi) is 6.37. The van der Waals surface area contributed by atoms with Crippen LogP contribution in [0.3, 0.4) is 0 Å². The fourth-order valence-electron chi connectivity index (χ4n) is 3.64. The Balaban J connectivity index is 1.40. The molecule has 0 unspecified atom stereocenters. The van der Waals surface area contributed by atoms with Gasteiger partial charge in [-0.2, -0.15) is 10.2 Å². The molecule has 2 heterocycles. The van der Waals surface area contributed by atoms with Crippen molar-refractivity contribution in [3.05, 3.63) is 94.4 Å². The minimum Gasteiger partial charge on any atom is -0.329 e. The van der Waals surface area contributed by atoms with E-state index < -0.39 is 0 Å². The summed E-state index contributed by atoms with van der Waals surface area (Å²) in [5.74, 6) is 0.706. The van der Waals surface area contributed by atoms with E-state index in [9.17, 15) is 0 Å².